The van der Waals surface area contributed by atoms with E-state index < -0.39 is 5.60 Å². The maximum Gasteiger partial charge on any atom is 0.317 e. The topological polar surface area (TPSA) is 79.7 Å². The van der Waals surface area contributed by atoms with Gasteiger partial charge in [-0.25, -0.2) is 9.78 Å². The van der Waals surface area contributed by atoms with Gasteiger partial charge in [0.2, 0.25) is 5.91 Å². The summed E-state index contributed by atoms with van der Waals surface area (Å²) < 4.78 is 7.99. The summed E-state index contributed by atoms with van der Waals surface area (Å²) in [6.45, 7) is 5.28. The highest BCUT2D eigenvalue weighted by atomic mass is 16.5. The molecule has 2 aliphatic heterocycles. The van der Waals surface area contributed by atoms with E-state index in [0.717, 1.165) is 29.8 Å². The number of fused-ring (bicyclic) bond motifs is 1. The third kappa shape index (κ3) is 3.44. The van der Waals surface area contributed by atoms with Crippen LogP contribution in [-0.4, -0.2) is 76.7 Å². The maximum absolute atomic E-state index is 12.6. The number of aromatic nitrogens is 2. The van der Waals surface area contributed by atoms with E-state index in [-0.39, 0.29) is 18.5 Å². The summed E-state index contributed by atoms with van der Waals surface area (Å²) in [5.74, 6) is 0.977. The summed E-state index contributed by atoms with van der Waals surface area (Å²) in [6, 6.07) is 8.01. The van der Waals surface area contributed by atoms with Crippen LogP contribution in [0.15, 0.2) is 24.3 Å². The standard InChI is InChI=1S/C20H27N5O3/c1-3-25-16-7-5-4-6-15(16)22-17(25)8-10-21-19(27)24-11-9-20(14-24)13-23(2)18(26)12-28-20/h4-7H,3,8-14H2,1-2H3,(H,21,27)/t20-/m1/s1. The third-order valence-electron chi connectivity index (χ3n) is 5.73. The van der Waals surface area contributed by atoms with E-state index in [1.807, 2.05) is 18.2 Å². The Balaban J connectivity index is 1.33. The number of hydrogen-bond acceptors (Lipinski definition) is 4. The zero-order valence-electron chi connectivity index (χ0n) is 16.5. The van der Waals surface area contributed by atoms with E-state index in [9.17, 15) is 9.59 Å². The van der Waals surface area contributed by atoms with Crippen molar-refractivity contribution < 1.29 is 14.3 Å². The number of para-hydroxylation sites is 2. The first kappa shape index (κ1) is 18.7. The number of hydrogen-bond donors (Lipinski definition) is 1. The second-order valence-electron chi connectivity index (χ2n) is 7.64. The van der Waals surface area contributed by atoms with E-state index in [1.165, 1.54) is 0 Å². The van der Waals surface area contributed by atoms with Crippen molar-refractivity contribution in [2.75, 3.05) is 39.8 Å². The highest BCUT2D eigenvalue weighted by molar-refractivity contribution is 5.78. The summed E-state index contributed by atoms with van der Waals surface area (Å²) >= 11 is 0. The Morgan fingerprint density at radius 1 is 1.32 bits per heavy atom. The number of likely N-dealkylation sites (tertiary alicyclic amines) is 1. The monoisotopic (exact) mass is 385 g/mol. The van der Waals surface area contributed by atoms with Gasteiger partial charge in [0.15, 0.2) is 0 Å². The van der Waals surface area contributed by atoms with Gasteiger partial charge < -0.3 is 24.4 Å². The first-order valence-electron chi connectivity index (χ1n) is 9.86. The molecule has 1 atom stereocenters. The van der Waals surface area contributed by atoms with Crippen molar-refractivity contribution in [2.45, 2.75) is 31.9 Å². The van der Waals surface area contributed by atoms with Gasteiger partial charge in [0, 0.05) is 33.1 Å². The lowest BCUT2D eigenvalue weighted by molar-refractivity contribution is -0.158. The van der Waals surface area contributed by atoms with Gasteiger partial charge in [-0.1, -0.05) is 12.1 Å². The number of rotatable bonds is 4. The van der Waals surface area contributed by atoms with Crippen molar-refractivity contribution in [3.8, 4) is 0 Å². The van der Waals surface area contributed by atoms with Crippen molar-refractivity contribution in [1.82, 2.24) is 24.7 Å². The molecule has 28 heavy (non-hydrogen) atoms. The second kappa shape index (κ2) is 7.43. The summed E-state index contributed by atoms with van der Waals surface area (Å²) in [6.07, 6.45) is 1.44. The molecule has 8 heteroatoms. The first-order chi connectivity index (χ1) is 13.5. The van der Waals surface area contributed by atoms with Gasteiger partial charge in [-0.2, -0.15) is 0 Å². The van der Waals surface area contributed by atoms with Gasteiger partial charge >= 0.3 is 6.03 Å². The minimum Gasteiger partial charge on any atom is -0.361 e. The third-order valence-corrected chi connectivity index (χ3v) is 5.73. The predicted molar refractivity (Wildman–Crippen MR) is 105 cm³/mol. The van der Waals surface area contributed by atoms with Crippen LogP contribution in [0.5, 0.6) is 0 Å². The molecule has 1 N–H and O–H groups in total. The molecule has 2 fully saturated rings. The number of carbonyl (C=O) groups excluding carboxylic acids is 2. The van der Waals surface area contributed by atoms with E-state index in [4.69, 9.17) is 9.72 Å². The predicted octanol–water partition coefficient (Wildman–Crippen LogP) is 1.24. The van der Waals surface area contributed by atoms with Crippen LogP contribution in [0.25, 0.3) is 11.0 Å². The van der Waals surface area contributed by atoms with E-state index in [0.29, 0.717) is 32.6 Å². The Bertz CT molecular complexity index is 895. The number of aryl methyl sites for hydroxylation is 1. The largest absolute Gasteiger partial charge is 0.361 e. The van der Waals surface area contributed by atoms with Gasteiger partial charge in [0.1, 0.15) is 18.0 Å². The second-order valence-corrected chi connectivity index (χ2v) is 7.64. The lowest BCUT2D eigenvalue weighted by atomic mass is 10.0. The highest BCUT2D eigenvalue weighted by Gasteiger charge is 2.45. The van der Waals surface area contributed by atoms with Crippen molar-refractivity contribution in [1.29, 1.82) is 0 Å². The van der Waals surface area contributed by atoms with E-state index in [2.05, 4.69) is 22.9 Å². The lowest BCUT2D eigenvalue weighted by Crippen LogP contribution is -2.55. The zero-order valence-corrected chi connectivity index (χ0v) is 16.5. The molecule has 3 heterocycles. The highest BCUT2D eigenvalue weighted by Crippen LogP contribution is 2.29. The lowest BCUT2D eigenvalue weighted by Gasteiger charge is -2.38. The molecule has 1 spiro atoms. The number of amides is 3. The molecule has 3 amide bonds. The van der Waals surface area contributed by atoms with Crippen LogP contribution >= 0.6 is 0 Å². The number of benzene rings is 1. The number of nitrogens with zero attached hydrogens (tertiary/aromatic N) is 4. The Morgan fingerprint density at radius 2 is 2.14 bits per heavy atom. The Labute approximate surface area is 164 Å². The molecule has 8 nitrogen and oxygen atoms in total. The van der Waals surface area contributed by atoms with Crippen molar-refractivity contribution in [2.24, 2.45) is 0 Å². The van der Waals surface area contributed by atoms with Gasteiger partial charge in [-0.15, -0.1) is 0 Å². The molecule has 1 aromatic heterocycles. The smallest absolute Gasteiger partial charge is 0.317 e. The molecule has 2 saturated heterocycles. The number of ether oxygens (including phenoxy) is 1. The summed E-state index contributed by atoms with van der Waals surface area (Å²) in [4.78, 5) is 32.4. The molecule has 1 aromatic carbocycles. The van der Waals surface area contributed by atoms with E-state index >= 15 is 0 Å². The molecular weight excluding hydrogens is 358 g/mol. The van der Waals surface area contributed by atoms with E-state index in [1.54, 1.807) is 16.8 Å². The fraction of sp³-hybridized carbons (Fsp3) is 0.550. The molecule has 4 rings (SSSR count). The quantitative estimate of drug-likeness (QED) is 0.859. The van der Waals surface area contributed by atoms with Gasteiger partial charge in [0.25, 0.3) is 0 Å². The van der Waals surface area contributed by atoms with Crippen molar-refractivity contribution in [3.05, 3.63) is 30.1 Å². The minimum absolute atomic E-state index is 0.00709. The number of imidazole rings is 1. The molecular formula is C20H27N5O3. The maximum atomic E-state index is 12.6. The van der Waals surface area contributed by atoms with Gasteiger partial charge in [0.05, 0.1) is 24.1 Å². The Kier molecular flexibility index (Phi) is 4.97. The SMILES string of the molecule is CCn1c(CCNC(=O)N2CC[C@@]3(CN(C)C(=O)CO3)C2)nc2ccccc21. The molecule has 0 radical (unpaired) electrons. The molecule has 0 unspecified atom stereocenters. The summed E-state index contributed by atoms with van der Waals surface area (Å²) in [5, 5.41) is 3.01. The van der Waals surface area contributed by atoms with Gasteiger partial charge in [-0.3, -0.25) is 4.79 Å². The van der Waals surface area contributed by atoms with Crippen LogP contribution in [0, 0.1) is 0 Å². The van der Waals surface area contributed by atoms with Crippen molar-refractivity contribution >= 4 is 23.0 Å². The average molecular weight is 385 g/mol. The summed E-state index contributed by atoms with van der Waals surface area (Å²) in [7, 11) is 1.79. The first-order valence-corrected chi connectivity index (χ1v) is 9.86. The van der Waals surface area contributed by atoms with Crippen LogP contribution in [-0.2, 0) is 22.5 Å². The molecule has 2 aliphatic rings. The number of morpholine rings is 1. The zero-order chi connectivity index (χ0) is 19.7. The van der Waals surface area contributed by atoms with Crippen molar-refractivity contribution in [3.63, 3.8) is 0 Å². The Morgan fingerprint density at radius 3 is 2.93 bits per heavy atom. The number of urea groups is 1. The van der Waals surface area contributed by atoms with Crippen LogP contribution < -0.4 is 5.32 Å². The minimum atomic E-state index is -0.420. The fourth-order valence-electron chi connectivity index (χ4n) is 4.22. The van der Waals surface area contributed by atoms with Crippen LogP contribution in [0.2, 0.25) is 0 Å². The molecule has 0 aliphatic carbocycles. The number of carbonyl (C=O) groups is 2. The number of likely N-dealkylation sites (N-methyl/N-ethyl adjacent to an activating group) is 1. The average Bonchev–Trinajstić information content (AvgIpc) is 3.26. The molecule has 0 saturated carbocycles. The van der Waals surface area contributed by atoms with Gasteiger partial charge in [-0.05, 0) is 25.5 Å². The van der Waals surface area contributed by atoms with Crippen LogP contribution in [0.3, 0.4) is 0 Å². The fourth-order valence-corrected chi connectivity index (χ4v) is 4.22. The van der Waals surface area contributed by atoms with Crippen LogP contribution in [0.4, 0.5) is 4.79 Å². The summed E-state index contributed by atoms with van der Waals surface area (Å²) in [5.41, 5.74) is 1.69. The number of nitrogens with one attached hydrogen (secondary N) is 1. The molecule has 150 valence electrons. The van der Waals surface area contributed by atoms with Crippen LogP contribution in [0.1, 0.15) is 19.2 Å². The Hall–Kier alpha value is -2.61. The molecule has 0 bridgehead atoms. The molecule has 2 aromatic rings. The normalized spacial score (nSPS) is 22.4.